The van der Waals surface area contributed by atoms with Gasteiger partial charge in [0.15, 0.2) is 0 Å². The Balaban J connectivity index is 1.47. The van der Waals surface area contributed by atoms with E-state index in [9.17, 15) is 19.5 Å². The molecule has 3 fully saturated rings. The second-order valence-corrected chi connectivity index (χ2v) is 10.9. The highest BCUT2D eigenvalue weighted by Crippen LogP contribution is 2.68. The number of rotatable bonds is 7. The summed E-state index contributed by atoms with van der Waals surface area (Å²) in [6.07, 6.45) is 0.751. The van der Waals surface area contributed by atoms with Crippen LogP contribution in [-0.2, 0) is 14.4 Å². The van der Waals surface area contributed by atoms with Crippen molar-refractivity contribution < 1.29 is 24.2 Å². The van der Waals surface area contributed by atoms with Gasteiger partial charge in [0.2, 0.25) is 17.7 Å². The van der Waals surface area contributed by atoms with E-state index in [1.165, 1.54) is 4.90 Å². The smallest absolute Gasteiger partial charge is 0.248 e. The second-order valence-electron chi connectivity index (χ2n) is 9.38. The van der Waals surface area contributed by atoms with E-state index in [2.05, 4.69) is 17.6 Å². The third kappa shape index (κ3) is 3.77. The van der Waals surface area contributed by atoms with E-state index in [4.69, 9.17) is 4.74 Å². The lowest BCUT2D eigenvalue weighted by molar-refractivity contribution is -0.138. The Morgan fingerprint density at radius 3 is 2.40 bits per heavy atom. The summed E-state index contributed by atoms with van der Waals surface area (Å²) in [5.74, 6) is -1.16. The average Bonchev–Trinajstić information content (AvgIpc) is 3.44. The number of carbonyl (C=O) groups is 3. The molecule has 6 atom stereocenters. The van der Waals surface area contributed by atoms with Crippen LogP contribution in [0.15, 0.2) is 54.6 Å². The first kappa shape index (κ1) is 23.7. The van der Waals surface area contributed by atoms with E-state index in [0.717, 1.165) is 6.42 Å². The Kier molecular flexibility index (Phi) is 6.23. The summed E-state index contributed by atoms with van der Waals surface area (Å²) in [5, 5.41) is 15.6. The number of para-hydroxylation sites is 1. The Labute approximate surface area is 208 Å². The molecule has 3 aliphatic rings. The first-order valence-corrected chi connectivity index (χ1v) is 12.7. The van der Waals surface area contributed by atoms with Gasteiger partial charge in [-0.2, -0.15) is 0 Å². The molecule has 2 bridgehead atoms. The molecular formula is C26H29N3O5S. The number of hydrogen-bond acceptors (Lipinski definition) is 6. The molecule has 0 aliphatic carbocycles. The normalized spacial score (nSPS) is 30.8. The largest absolute Gasteiger partial charge is 0.497 e. The van der Waals surface area contributed by atoms with Crippen LogP contribution in [0.3, 0.4) is 0 Å². The fourth-order valence-corrected chi connectivity index (χ4v) is 8.52. The van der Waals surface area contributed by atoms with Crippen molar-refractivity contribution in [2.24, 2.45) is 17.8 Å². The van der Waals surface area contributed by atoms with Gasteiger partial charge in [-0.3, -0.25) is 14.4 Å². The summed E-state index contributed by atoms with van der Waals surface area (Å²) >= 11 is 1.61. The predicted octanol–water partition coefficient (Wildman–Crippen LogP) is 2.60. The number of aliphatic hydroxyl groups excluding tert-OH is 1. The maximum atomic E-state index is 13.8. The number of ether oxygens (including phenoxy) is 1. The van der Waals surface area contributed by atoms with Gasteiger partial charge in [0.05, 0.1) is 30.3 Å². The number of hydrogen-bond donors (Lipinski definition) is 3. The lowest BCUT2D eigenvalue weighted by Gasteiger charge is -2.38. The number of anilines is 2. The zero-order chi connectivity index (χ0) is 24.7. The van der Waals surface area contributed by atoms with Crippen LogP contribution < -0.4 is 15.4 Å². The summed E-state index contributed by atoms with van der Waals surface area (Å²) in [6, 6.07) is 15.4. The molecular weight excluding hydrogens is 466 g/mol. The Bertz CT molecular complexity index is 1130. The lowest BCUT2D eigenvalue weighted by Crippen LogP contribution is -2.55. The maximum Gasteiger partial charge on any atom is 0.248 e. The van der Waals surface area contributed by atoms with Gasteiger partial charge >= 0.3 is 0 Å². The molecule has 2 aromatic rings. The Morgan fingerprint density at radius 2 is 1.74 bits per heavy atom. The van der Waals surface area contributed by atoms with Crippen LogP contribution in [-0.4, -0.2) is 64.0 Å². The number of nitrogens with zero attached hydrogens (tertiary/aromatic N) is 1. The summed E-state index contributed by atoms with van der Waals surface area (Å²) in [4.78, 5) is 42.4. The van der Waals surface area contributed by atoms with Gasteiger partial charge in [0.1, 0.15) is 11.8 Å². The van der Waals surface area contributed by atoms with Crippen LogP contribution in [0.1, 0.15) is 13.3 Å². The van der Waals surface area contributed by atoms with Gasteiger partial charge in [0, 0.05) is 23.2 Å². The SMILES string of the molecule is COc1ccc(NC(=O)C2N(CCO)C(=O)[C@@H]3[C@H](C(=O)Nc4ccccc4)[C@@H]4CC(C)C23S4)cc1. The number of carbonyl (C=O) groups excluding carboxylic acids is 3. The summed E-state index contributed by atoms with van der Waals surface area (Å²) in [7, 11) is 1.57. The van der Waals surface area contributed by atoms with Crippen molar-refractivity contribution >= 4 is 40.9 Å². The molecule has 5 rings (SSSR count). The predicted molar refractivity (Wildman–Crippen MR) is 134 cm³/mol. The van der Waals surface area contributed by atoms with Crippen LogP contribution >= 0.6 is 11.8 Å². The van der Waals surface area contributed by atoms with E-state index >= 15 is 0 Å². The average molecular weight is 496 g/mol. The zero-order valence-corrected chi connectivity index (χ0v) is 20.5. The number of likely N-dealkylation sites (tertiary alicyclic amines) is 1. The molecule has 0 saturated carbocycles. The molecule has 1 spiro atoms. The molecule has 3 unspecified atom stereocenters. The number of β-amino-alcohol motifs (C(OH)–C–C–N with tert-alkyl or cyclic N) is 1. The molecule has 3 heterocycles. The fourth-order valence-electron chi connectivity index (χ4n) is 6.10. The first-order chi connectivity index (χ1) is 16.9. The number of methoxy groups -OCH3 is 1. The van der Waals surface area contributed by atoms with Crippen LogP contribution in [0.25, 0.3) is 0 Å². The van der Waals surface area contributed by atoms with Crippen molar-refractivity contribution in [3.8, 4) is 5.75 Å². The van der Waals surface area contributed by atoms with Gasteiger partial charge in [-0.25, -0.2) is 0 Å². The van der Waals surface area contributed by atoms with Crippen LogP contribution in [0.5, 0.6) is 5.75 Å². The minimum atomic E-state index is -0.784. The van der Waals surface area contributed by atoms with Gasteiger partial charge in [-0.1, -0.05) is 25.1 Å². The van der Waals surface area contributed by atoms with Crippen molar-refractivity contribution in [3.05, 3.63) is 54.6 Å². The Hall–Kier alpha value is -3.04. The third-order valence-electron chi connectivity index (χ3n) is 7.54. The maximum absolute atomic E-state index is 13.8. The van der Waals surface area contributed by atoms with Crippen molar-refractivity contribution in [2.45, 2.75) is 29.4 Å². The highest BCUT2D eigenvalue weighted by atomic mass is 32.2. The van der Waals surface area contributed by atoms with E-state index in [-0.39, 0.29) is 42.0 Å². The van der Waals surface area contributed by atoms with Crippen molar-refractivity contribution in [1.82, 2.24) is 4.90 Å². The molecule has 8 nitrogen and oxygen atoms in total. The van der Waals surface area contributed by atoms with Crippen LogP contribution in [0.4, 0.5) is 11.4 Å². The number of benzene rings is 2. The molecule has 0 radical (unpaired) electrons. The van der Waals surface area contributed by atoms with E-state index in [0.29, 0.717) is 17.1 Å². The molecule has 2 aromatic carbocycles. The summed E-state index contributed by atoms with van der Waals surface area (Å²) in [5.41, 5.74) is 1.27. The quantitative estimate of drug-likeness (QED) is 0.545. The zero-order valence-electron chi connectivity index (χ0n) is 19.6. The molecule has 3 aliphatic heterocycles. The van der Waals surface area contributed by atoms with E-state index in [1.807, 2.05) is 30.3 Å². The van der Waals surface area contributed by atoms with Gasteiger partial charge in [-0.15, -0.1) is 11.8 Å². The van der Waals surface area contributed by atoms with Crippen molar-refractivity contribution in [2.75, 3.05) is 30.9 Å². The molecule has 0 aromatic heterocycles. The highest BCUT2D eigenvalue weighted by Gasteiger charge is 2.75. The van der Waals surface area contributed by atoms with E-state index < -0.39 is 22.6 Å². The summed E-state index contributed by atoms with van der Waals surface area (Å²) in [6.45, 7) is 1.85. The lowest BCUT2D eigenvalue weighted by atomic mass is 9.66. The van der Waals surface area contributed by atoms with Crippen molar-refractivity contribution in [3.63, 3.8) is 0 Å². The van der Waals surface area contributed by atoms with E-state index in [1.54, 1.807) is 43.1 Å². The number of fused-ring (bicyclic) bond motifs is 1. The van der Waals surface area contributed by atoms with Crippen LogP contribution in [0.2, 0.25) is 0 Å². The van der Waals surface area contributed by atoms with Gasteiger partial charge < -0.3 is 25.4 Å². The number of aliphatic hydroxyl groups is 1. The molecule has 35 heavy (non-hydrogen) atoms. The van der Waals surface area contributed by atoms with Gasteiger partial charge in [-0.05, 0) is 48.7 Å². The minimum absolute atomic E-state index is 0.0444. The monoisotopic (exact) mass is 495 g/mol. The highest BCUT2D eigenvalue weighted by molar-refractivity contribution is 8.02. The molecule has 3 saturated heterocycles. The number of amides is 3. The molecule has 3 amide bonds. The molecule has 184 valence electrons. The Morgan fingerprint density at radius 1 is 1.09 bits per heavy atom. The minimum Gasteiger partial charge on any atom is -0.497 e. The third-order valence-corrected chi connectivity index (χ3v) is 9.61. The van der Waals surface area contributed by atoms with Crippen molar-refractivity contribution in [1.29, 1.82) is 0 Å². The molecule has 9 heteroatoms. The summed E-state index contributed by atoms with van der Waals surface area (Å²) < 4.78 is 4.46. The number of nitrogens with one attached hydrogen (secondary N) is 2. The second kappa shape index (κ2) is 9.20. The molecule has 3 N–H and O–H groups in total. The van der Waals surface area contributed by atoms with Gasteiger partial charge in [0.25, 0.3) is 0 Å². The fraction of sp³-hybridized carbons (Fsp3) is 0.423. The standard InChI is InChI=1S/C26H29N3O5S/c1-15-14-19-20(23(31)27-16-6-4-3-5-7-16)21-25(33)29(12-13-30)22(26(15,21)35-19)24(32)28-17-8-10-18(34-2)11-9-17/h3-11,15,19-22,30H,12-14H2,1-2H3,(H,27,31)(H,28,32)/t15?,19-,20+,21-,22?,26?/m0/s1. The first-order valence-electron chi connectivity index (χ1n) is 11.8. The van der Waals surface area contributed by atoms with Crippen LogP contribution in [0, 0.1) is 17.8 Å². The topological polar surface area (TPSA) is 108 Å². The number of thioether (sulfide) groups is 1.